The molecule has 1 aromatic heterocycles. The number of aryl methyl sites for hydroxylation is 1. The molecular formula is C16H14N2S. The number of fused-ring (bicyclic) bond motifs is 1. The molecule has 1 aliphatic carbocycles. The molecule has 0 bridgehead atoms. The maximum absolute atomic E-state index is 9.34. The predicted octanol–water partition coefficient (Wildman–Crippen LogP) is 4.25. The van der Waals surface area contributed by atoms with Crippen molar-refractivity contribution in [3.8, 4) is 6.07 Å². The van der Waals surface area contributed by atoms with E-state index in [1.165, 1.54) is 23.3 Å². The molecule has 0 saturated heterocycles. The summed E-state index contributed by atoms with van der Waals surface area (Å²) in [6.45, 7) is 0. The van der Waals surface area contributed by atoms with Gasteiger partial charge in [0, 0.05) is 11.1 Å². The average molecular weight is 266 g/mol. The van der Waals surface area contributed by atoms with Gasteiger partial charge in [0.1, 0.15) is 11.1 Å². The first kappa shape index (κ1) is 12.1. The van der Waals surface area contributed by atoms with Gasteiger partial charge in [-0.15, -0.1) is 11.3 Å². The van der Waals surface area contributed by atoms with Gasteiger partial charge in [-0.1, -0.05) is 30.3 Å². The van der Waals surface area contributed by atoms with Gasteiger partial charge in [0.05, 0.1) is 5.56 Å². The summed E-state index contributed by atoms with van der Waals surface area (Å²) in [6.07, 6.45) is 6.42. The van der Waals surface area contributed by atoms with Crippen LogP contribution < -0.4 is 0 Å². The first-order chi connectivity index (χ1) is 9.38. The van der Waals surface area contributed by atoms with Crippen molar-refractivity contribution < 1.29 is 0 Å². The summed E-state index contributed by atoms with van der Waals surface area (Å²) in [7, 11) is 0. The summed E-state index contributed by atoms with van der Waals surface area (Å²) in [4.78, 5) is 5.89. The largest absolute Gasteiger partial charge is 0.244 e. The minimum absolute atomic E-state index is 0.798. The van der Waals surface area contributed by atoms with Crippen LogP contribution in [0.2, 0.25) is 0 Å². The van der Waals surface area contributed by atoms with Gasteiger partial charge >= 0.3 is 0 Å². The van der Waals surface area contributed by atoms with Crippen LogP contribution in [0.15, 0.2) is 35.3 Å². The lowest BCUT2D eigenvalue weighted by Crippen LogP contribution is -1.99. The second-order valence-electron chi connectivity index (χ2n) is 4.67. The Kier molecular flexibility index (Phi) is 3.43. The molecule has 0 radical (unpaired) electrons. The van der Waals surface area contributed by atoms with Crippen molar-refractivity contribution in [3.63, 3.8) is 0 Å². The number of aliphatic imine (C=N–C) groups is 1. The second-order valence-corrected chi connectivity index (χ2v) is 5.76. The van der Waals surface area contributed by atoms with Crippen LogP contribution in [-0.4, -0.2) is 6.21 Å². The van der Waals surface area contributed by atoms with Crippen LogP contribution in [0.5, 0.6) is 0 Å². The van der Waals surface area contributed by atoms with Gasteiger partial charge in [0.25, 0.3) is 0 Å². The monoisotopic (exact) mass is 266 g/mol. The second kappa shape index (κ2) is 5.38. The Morgan fingerprint density at radius 2 is 1.95 bits per heavy atom. The molecule has 94 valence electrons. The quantitative estimate of drug-likeness (QED) is 0.748. The van der Waals surface area contributed by atoms with E-state index >= 15 is 0 Å². The van der Waals surface area contributed by atoms with Crippen LogP contribution in [0.1, 0.15) is 34.4 Å². The van der Waals surface area contributed by atoms with Crippen LogP contribution in [0.3, 0.4) is 0 Å². The molecule has 0 aliphatic heterocycles. The van der Waals surface area contributed by atoms with Crippen molar-refractivity contribution in [2.24, 2.45) is 4.99 Å². The standard InChI is InChI=1S/C16H14N2S/c17-10-14-13-8-4-5-9-15(13)19-16(14)18-11-12-6-2-1-3-7-12/h1-3,6-7,11H,4-5,8-9H2/b18-11+. The lowest BCUT2D eigenvalue weighted by molar-refractivity contribution is 0.696. The summed E-state index contributed by atoms with van der Waals surface area (Å²) in [6, 6.07) is 12.3. The summed E-state index contributed by atoms with van der Waals surface area (Å²) in [5.74, 6) is 0. The maximum atomic E-state index is 9.34. The Balaban J connectivity index is 1.95. The molecule has 0 amide bonds. The van der Waals surface area contributed by atoms with Crippen LogP contribution in [-0.2, 0) is 12.8 Å². The third-order valence-corrected chi connectivity index (χ3v) is 4.59. The van der Waals surface area contributed by atoms with Gasteiger partial charge in [-0.05, 0) is 36.8 Å². The Morgan fingerprint density at radius 1 is 1.16 bits per heavy atom. The third-order valence-electron chi connectivity index (χ3n) is 3.39. The normalized spacial score (nSPS) is 14.3. The number of rotatable bonds is 2. The van der Waals surface area contributed by atoms with Crippen molar-refractivity contribution in [1.82, 2.24) is 0 Å². The molecule has 2 aromatic rings. The number of hydrogen-bond donors (Lipinski definition) is 0. The van der Waals surface area contributed by atoms with Crippen LogP contribution in [0.25, 0.3) is 0 Å². The number of hydrogen-bond acceptors (Lipinski definition) is 3. The van der Waals surface area contributed by atoms with Crippen molar-refractivity contribution in [2.75, 3.05) is 0 Å². The molecule has 1 aromatic carbocycles. The van der Waals surface area contributed by atoms with Crippen molar-refractivity contribution >= 4 is 22.6 Å². The lowest BCUT2D eigenvalue weighted by Gasteiger charge is -2.09. The Hall–Kier alpha value is -1.92. The highest BCUT2D eigenvalue weighted by Gasteiger charge is 2.19. The number of nitrogens with zero attached hydrogens (tertiary/aromatic N) is 2. The van der Waals surface area contributed by atoms with Gasteiger partial charge < -0.3 is 0 Å². The van der Waals surface area contributed by atoms with E-state index in [1.54, 1.807) is 11.3 Å². The van der Waals surface area contributed by atoms with Gasteiger partial charge in [-0.2, -0.15) is 5.26 Å². The summed E-state index contributed by atoms with van der Waals surface area (Å²) >= 11 is 1.69. The zero-order chi connectivity index (χ0) is 13.1. The van der Waals surface area contributed by atoms with Crippen LogP contribution in [0.4, 0.5) is 5.00 Å². The smallest absolute Gasteiger partial charge is 0.134 e. The lowest BCUT2D eigenvalue weighted by atomic mass is 9.96. The average Bonchev–Trinajstić information content (AvgIpc) is 2.83. The molecule has 1 aliphatic rings. The summed E-state index contributed by atoms with van der Waals surface area (Å²) in [5, 5.41) is 10.2. The minimum Gasteiger partial charge on any atom is -0.244 e. The van der Waals surface area contributed by atoms with Gasteiger partial charge in [-0.3, -0.25) is 0 Å². The van der Waals surface area contributed by atoms with E-state index in [0.29, 0.717) is 0 Å². The molecule has 0 fully saturated rings. The van der Waals surface area contributed by atoms with E-state index in [9.17, 15) is 5.26 Å². The molecule has 3 heteroatoms. The third kappa shape index (κ3) is 2.45. The number of thiophene rings is 1. The summed E-state index contributed by atoms with van der Waals surface area (Å²) in [5.41, 5.74) is 3.11. The fourth-order valence-electron chi connectivity index (χ4n) is 2.43. The SMILES string of the molecule is N#Cc1c(/N=C/c2ccccc2)sc2c1CCCC2. The zero-order valence-electron chi connectivity index (χ0n) is 10.6. The molecule has 2 nitrogen and oxygen atoms in total. The highest BCUT2D eigenvalue weighted by molar-refractivity contribution is 7.16. The van der Waals surface area contributed by atoms with E-state index in [4.69, 9.17) is 0 Å². The molecule has 0 spiro atoms. The summed E-state index contributed by atoms with van der Waals surface area (Å²) < 4.78 is 0. The van der Waals surface area contributed by atoms with E-state index in [-0.39, 0.29) is 0 Å². The van der Waals surface area contributed by atoms with Crippen LogP contribution >= 0.6 is 11.3 Å². The van der Waals surface area contributed by atoms with Crippen LogP contribution in [0, 0.1) is 11.3 Å². The molecule has 0 N–H and O–H groups in total. The van der Waals surface area contributed by atoms with Gasteiger partial charge in [0.15, 0.2) is 0 Å². The Labute approximate surface area is 117 Å². The van der Waals surface area contributed by atoms with Crippen molar-refractivity contribution in [1.29, 1.82) is 5.26 Å². The highest BCUT2D eigenvalue weighted by atomic mass is 32.1. The molecule has 0 unspecified atom stereocenters. The molecule has 0 saturated carbocycles. The fourth-order valence-corrected chi connectivity index (χ4v) is 3.61. The van der Waals surface area contributed by atoms with Crippen molar-refractivity contribution in [2.45, 2.75) is 25.7 Å². The molecule has 3 rings (SSSR count). The van der Waals surface area contributed by atoms with Gasteiger partial charge in [0.2, 0.25) is 0 Å². The first-order valence-corrected chi connectivity index (χ1v) is 7.34. The Morgan fingerprint density at radius 3 is 2.74 bits per heavy atom. The van der Waals surface area contributed by atoms with Gasteiger partial charge in [-0.25, -0.2) is 4.99 Å². The maximum Gasteiger partial charge on any atom is 0.134 e. The molecule has 19 heavy (non-hydrogen) atoms. The minimum atomic E-state index is 0.798. The van der Waals surface area contributed by atoms with E-state index in [2.05, 4.69) is 11.1 Å². The molecule has 1 heterocycles. The molecule has 0 atom stereocenters. The molecular weight excluding hydrogens is 252 g/mol. The zero-order valence-corrected chi connectivity index (χ0v) is 11.4. The number of benzene rings is 1. The van der Waals surface area contributed by atoms with E-state index in [1.807, 2.05) is 36.5 Å². The van der Waals surface area contributed by atoms with E-state index in [0.717, 1.165) is 29.0 Å². The fraction of sp³-hybridized carbons (Fsp3) is 0.250. The van der Waals surface area contributed by atoms with Crippen molar-refractivity contribution in [3.05, 3.63) is 51.9 Å². The number of nitriles is 1. The predicted molar refractivity (Wildman–Crippen MR) is 79.4 cm³/mol. The topological polar surface area (TPSA) is 36.1 Å². The van der Waals surface area contributed by atoms with E-state index < -0.39 is 0 Å². The highest BCUT2D eigenvalue weighted by Crippen LogP contribution is 2.39. The first-order valence-electron chi connectivity index (χ1n) is 6.52. The Bertz CT molecular complexity index is 647.